The van der Waals surface area contributed by atoms with Crippen LogP contribution >= 0.6 is 0 Å². The first-order valence-electron chi connectivity index (χ1n) is 9.44. The van der Waals surface area contributed by atoms with Gasteiger partial charge in [-0.3, -0.25) is 0 Å². The van der Waals surface area contributed by atoms with E-state index in [-0.39, 0.29) is 10.8 Å². The number of aromatic nitrogens is 3. The van der Waals surface area contributed by atoms with Crippen LogP contribution in [0.4, 0.5) is 11.5 Å². The van der Waals surface area contributed by atoms with Crippen molar-refractivity contribution >= 4 is 22.4 Å². The molecule has 0 saturated heterocycles. The van der Waals surface area contributed by atoms with Crippen LogP contribution in [0.15, 0.2) is 34.5 Å². The van der Waals surface area contributed by atoms with Gasteiger partial charge in [0, 0.05) is 30.3 Å². The van der Waals surface area contributed by atoms with Crippen molar-refractivity contribution in [3.8, 4) is 6.07 Å². The molecule has 2 heterocycles. The van der Waals surface area contributed by atoms with Gasteiger partial charge < -0.3 is 4.57 Å². The normalized spacial score (nSPS) is 12.8. The van der Waals surface area contributed by atoms with E-state index < -0.39 is 0 Å². The lowest BCUT2D eigenvalue weighted by Crippen LogP contribution is -2.15. The highest BCUT2D eigenvalue weighted by Gasteiger charge is 2.28. The van der Waals surface area contributed by atoms with Crippen LogP contribution in [0, 0.1) is 11.3 Å². The average molecular weight is 377 g/mol. The Bertz CT molecular complexity index is 1110. The molecule has 6 nitrogen and oxygen atoms in total. The third-order valence-corrected chi connectivity index (χ3v) is 4.87. The van der Waals surface area contributed by atoms with Gasteiger partial charge >= 0.3 is 0 Å². The molecule has 3 rings (SSSR count). The second kappa shape index (κ2) is 6.59. The van der Waals surface area contributed by atoms with Gasteiger partial charge in [-0.15, -0.1) is 10.2 Å². The summed E-state index contributed by atoms with van der Waals surface area (Å²) in [7, 11) is 3.86. The minimum absolute atomic E-state index is 0.108. The Kier molecular flexibility index (Phi) is 4.66. The van der Waals surface area contributed by atoms with Crippen LogP contribution in [0.1, 0.15) is 58.5 Å². The summed E-state index contributed by atoms with van der Waals surface area (Å²) in [6.07, 6.45) is 0. The summed E-state index contributed by atoms with van der Waals surface area (Å²) in [5.74, 6) is 0.486. The van der Waals surface area contributed by atoms with Gasteiger partial charge in [-0.05, 0) is 6.07 Å². The first kappa shape index (κ1) is 19.8. The predicted molar refractivity (Wildman–Crippen MR) is 112 cm³/mol. The zero-order chi connectivity index (χ0) is 20.9. The minimum Gasteiger partial charge on any atom is -0.345 e. The number of nitriles is 1. The number of fused-ring (bicyclic) bond motifs is 1. The topological polar surface area (TPSA) is 71.3 Å². The maximum Gasteiger partial charge on any atom is 0.191 e. The molecule has 28 heavy (non-hydrogen) atoms. The highest BCUT2D eigenvalue weighted by atomic mass is 15.3. The van der Waals surface area contributed by atoms with Crippen molar-refractivity contribution in [3.05, 3.63) is 41.2 Å². The van der Waals surface area contributed by atoms with E-state index in [0.717, 1.165) is 28.0 Å². The molecule has 3 aromatic rings. The fourth-order valence-electron chi connectivity index (χ4n) is 3.69. The second-order valence-electron chi connectivity index (χ2n) is 9.26. The molecule has 0 fully saturated rings. The molecule has 0 N–H and O–H groups in total. The third-order valence-electron chi connectivity index (χ3n) is 4.87. The molecule has 0 saturated carbocycles. The molecule has 2 aromatic heterocycles. The van der Waals surface area contributed by atoms with Gasteiger partial charge in [0.05, 0.1) is 16.9 Å². The van der Waals surface area contributed by atoms with E-state index in [2.05, 4.69) is 65.9 Å². The lowest BCUT2D eigenvalue weighted by molar-refractivity contribution is 0.547. The van der Waals surface area contributed by atoms with E-state index >= 15 is 0 Å². The van der Waals surface area contributed by atoms with Crippen molar-refractivity contribution in [1.82, 2.24) is 14.3 Å². The Balaban J connectivity index is 2.24. The molecule has 0 radical (unpaired) electrons. The fraction of sp³-hybridized carbons (Fsp3) is 0.455. The van der Waals surface area contributed by atoms with Gasteiger partial charge in [-0.1, -0.05) is 59.7 Å². The number of benzene rings is 1. The summed E-state index contributed by atoms with van der Waals surface area (Å²) in [4.78, 5) is 0. The zero-order valence-corrected chi connectivity index (χ0v) is 18.0. The standard InChI is InChI=1S/C22H28N6/c1-21(2,3)18-15(13-23)20(28(8)26-18)25-24-17-14-11-9-10-12-16(14)27(7)19(17)22(4,5)6/h9-12H,1-8H3/b25-24+. The Hall–Kier alpha value is -2.94. The van der Waals surface area contributed by atoms with Crippen molar-refractivity contribution in [2.75, 3.05) is 0 Å². The number of para-hydroxylation sites is 1. The van der Waals surface area contributed by atoms with Crippen LogP contribution < -0.4 is 0 Å². The molecular formula is C22H28N6. The molecule has 0 atom stereocenters. The Morgan fingerprint density at radius 2 is 1.61 bits per heavy atom. The third kappa shape index (κ3) is 3.22. The van der Waals surface area contributed by atoms with Gasteiger partial charge in [0.2, 0.25) is 0 Å². The monoisotopic (exact) mass is 376 g/mol. The molecule has 6 heteroatoms. The van der Waals surface area contributed by atoms with E-state index in [4.69, 9.17) is 0 Å². The van der Waals surface area contributed by atoms with E-state index in [9.17, 15) is 5.26 Å². The minimum atomic E-state index is -0.243. The molecule has 0 aliphatic rings. The summed E-state index contributed by atoms with van der Waals surface area (Å²) in [6.45, 7) is 12.6. The van der Waals surface area contributed by atoms with Gasteiger partial charge in [0.25, 0.3) is 0 Å². The van der Waals surface area contributed by atoms with Gasteiger partial charge in [-0.2, -0.15) is 10.4 Å². The summed E-state index contributed by atoms with van der Waals surface area (Å²) < 4.78 is 3.82. The number of nitrogens with zero attached hydrogens (tertiary/aromatic N) is 6. The van der Waals surface area contributed by atoms with Crippen molar-refractivity contribution < 1.29 is 0 Å². The summed E-state index contributed by atoms with van der Waals surface area (Å²) in [5.41, 5.74) is 3.93. The molecule has 0 spiro atoms. The highest BCUT2D eigenvalue weighted by molar-refractivity contribution is 5.94. The largest absolute Gasteiger partial charge is 0.345 e. The number of azo groups is 1. The second-order valence-corrected chi connectivity index (χ2v) is 9.26. The maximum atomic E-state index is 9.72. The molecule has 0 unspecified atom stereocenters. The quantitative estimate of drug-likeness (QED) is 0.531. The Morgan fingerprint density at radius 1 is 0.964 bits per heavy atom. The van der Waals surface area contributed by atoms with E-state index in [1.165, 1.54) is 0 Å². The van der Waals surface area contributed by atoms with Crippen LogP contribution in [0.5, 0.6) is 0 Å². The zero-order valence-electron chi connectivity index (χ0n) is 18.0. The molecule has 1 aromatic carbocycles. The number of aryl methyl sites for hydroxylation is 2. The van der Waals surface area contributed by atoms with E-state index in [0.29, 0.717) is 11.4 Å². The molecule has 146 valence electrons. The van der Waals surface area contributed by atoms with Gasteiger partial charge in [-0.25, -0.2) is 4.68 Å². The van der Waals surface area contributed by atoms with Crippen LogP contribution in [0.2, 0.25) is 0 Å². The van der Waals surface area contributed by atoms with E-state index in [1.807, 2.05) is 32.9 Å². The van der Waals surface area contributed by atoms with Crippen molar-refractivity contribution in [1.29, 1.82) is 5.26 Å². The number of hydrogen-bond donors (Lipinski definition) is 0. The Labute approximate surface area is 166 Å². The van der Waals surface area contributed by atoms with Gasteiger partial charge in [0.1, 0.15) is 17.3 Å². The molecule has 0 aliphatic carbocycles. The first-order valence-corrected chi connectivity index (χ1v) is 9.44. The molecule has 0 bridgehead atoms. The van der Waals surface area contributed by atoms with Crippen molar-refractivity contribution in [2.45, 2.75) is 52.4 Å². The SMILES string of the molecule is Cn1nc(C(C)(C)C)c(C#N)c1/N=N/c1c(C(C)(C)C)n(C)c2ccccc12. The summed E-state index contributed by atoms with van der Waals surface area (Å²) >= 11 is 0. The lowest BCUT2D eigenvalue weighted by atomic mass is 9.90. The van der Waals surface area contributed by atoms with Gasteiger partial charge in [0.15, 0.2) is 5.82 Å². The van der Waals surface area contributed by atoms with Crippen molar-refractivity contribution in [2.24, 2.45) is 24.3 Å². The number of rotatable bonds is 2. The van der Waals surface area contributed by atoms with Crippen LogP contribution in [0.25, 0.3) is 10.9 Å². The van der Waals surface area contributed by atoms with Crippen LogP contribution in [-0.2, 0) is 24.9 Å². The molecule has 0 aliphatic heterocycles. The average Bonchev–Trinajstić information content (AvgIpc) is 3.07. The van der Waals surface area contributed by atoms with E-state index in [1.54, 1.807) is 11.7 Å². The number of hydrogen-bond acceptors (Lipinski definition) is 4. The smallest absolute Gasteiger partial charge is 0.191 e. The summed E-state index contributed by atoms with van der Waals surface area (Å²) in [5, 5.41) is 24.5. The summed E-state index contributed by atoms with van der Waals surface area (Å²) in [6, 6.07) is 10.5. The van der Waals surface area contributed by atoms with Crippen LogP contribution in [0.3, 0.4) is 0 Å². The first-order chi connectivity index (χ1) is 13.0. The fourth-order valence-corrected chi connectivity index (χ4v) is 3.69. The van der Waals surface area contributed by atoms with Crippen LogP contribution in [-0.4, -0.2) is 14.3 Å². The molecular weight excluding hydrogens is 348 g/mol. The lowest BCUT2D eigenvalue weighted by Gasteiger charge is -2.20. The predicted octanol–water partition coefficient (Wildman–Crippen LogP) is 5.79. The maximum absolute atomic E-state index is 9.72. The van der Waals surface area contributed by atoms with Crippen molar-refractivity contribution in [3.63, 3.8) is 0 Å². The highest BCUT2D eigenvalue weighted by Crippen LogP contribution is 2.41. The molecule has 0 amide bonds. The Morgan fingerprint density at radius 3 is 2.18 bits per heavy atom.